The second kappa shape index (κ2) is 7.67. The molecule has 0 spiro atoms. The normalized spacial score (nSPS) is 13.8. The molecule has 0 saturated heterocycles. The van der Waals surface area contributed by atoms with Crippen LogP contribution in [-0.4, -0.2) is 29.7 Å². The van der Waals surface area contributed by atoms with Gasteiger partial charge in [0.25, 0.3) is 0 Å². The molecule has 0 unspecified atom stereocenters. The van der Waals surface area contributed by atoms with Gasteiger partial charge < -0.3 is 16.2 Å². The minimum absolute atomic E-state index is 0.0274. The van der Waals surface area contributed by atoms with Gasteiger partial charge in [0, 0.05) is 18.6 Å². The molecule has 0 aliphatic heterocycles. The number of nitrogens with one attached hydrogen (secondary N) is 1. The molecular formula is C13H28N2O2. The molecule has 102 valence electrons. The van der Waals surface area contributed by atoms with E-state index in [9.17, 15) is 4.79 Å². The van der Waals surface area contributed by atoms with Gasteiger partial charge >= 0.3 is 0 Å². The molecule has 0 radical (unpaired) electrons. The van der Waals surface area contributed by atoms with Crippen molar-refractivity contribution >= 4 is 5.91 Å². The van der Waals surface area contributed by atoms with Crippen molar-refractivity contribution in [3.8, 4) is 0 Å². The molecule has 4 N–H and O–H groups in total. The van der Waals surface area contributed by atoms with Gasteiger partial charge in [0.1, 0.15) is 0 Å². The molecule has 0 bridgehead atoms. The first kappa shape index (κ1) is 16.4. The van der Waals surface area contributed by atoms with Gasteiger partial charge in [0.15, 0.2) is 0 Å². The summed E-state index contributed by atoms with van der Waals surface area (Å²) in [7, 11) is 0. The largest absolute Gasteiger partial charge is 0.396 e. The molecule has 4 heteroatoms. The first-order chi connectivity index (χ1) is 7.80. The zero-order valence-corrected chi connectivity index (χ0v) is 11.6. The van der Waals surface area contributed by atoms with Crippen molar-refractivity contribution in [1.82, 2.24) is 5.32 Å². The van der Waals surface area contributed by atoms with Gasteiger partial charge in [-0.05, 0) is 45.1 Å². The Bertz CT molecular complexity index is 227. The van der Waals surface area contributed by atoms with Crippen LogP contribution in [0.5, 0.6) is 0 Å². The van der Waals surface area contributed by atoms with Crippen LogP contribution >= 0.6 is 0 Å². The summed E-state index contributed by atoms with van der Waals surface area (Å²) in [5.41, 5.74) is 5.33. The third-order valence-electron chi connectivity index (χ3n) is 2.83. The Morgan fingerprint density at radius 3 is 2.41 bits per heavy atom. The number of nitrogens with two attached hydrogens (primary N) is 1. The van der Waals surface area contributed by atoms with E-state index in [1.54, 1.807) is 0 Å². The van der Waals surface area contributed by atoms with Crippen molar-refractivity contribution in [3.05, 3.63) is 0 Å². The smallest absolute Gasteiger partial charge is 0.220 e. The number of rotatable bonds is 8. The van der Waals surface area contributed by atoms with Crippen LogP contribution in [0, 0.1) is 11.8 Å². The fraction of sp³-hybridized carbons (Fsp3) is 0.923. The van der Waals surface area contributed by atoms with Crippen LogP contribution in [0.25, 0.3) is 0 Å². The third-order valence-corrected chi connectivity index (χ3v) is 2.83. The average molecular weight is 244 g/mol. The topological polar surface area (TPSA) is 75.4 Å². The molecule has 1 atom stereocenters. The van der Waals surface area contributed by atoms with E-state index in [4.69, 9.17) is 10.8 Å². The first-order valence-corrected chi connectivity index (χ1v) is 6.42. The van der Waals surface area contributed by atoms with Gasteiger partial charge in [-0.15, -0.1) is 0 Å². The number of hydrogen-bond donors (Lipinski definition) is 3. The second-order valence-electron chi connectivity index (χ2n) is 5.84. The molecule has 0 rings (SSSR count). The summed E-state index contributed by atoms with van der Waals surface area (Å²) >= 11 is 0. The highest BCUT2D eigenvalue weighted by Gasteiger charge is 2.21. The Kier molecular flexibility index (Phi) is 7.39. The lowest BCUT2D eigenvalue weighted by Gasteiger charge is -2.26. The molecule has 0 aliphatic rings. The lowest BCUT2D eigenvalue weighted by atomic mass is 9.93. The van der Waals surface area contributed by atoms with Crippen molar-refractivity contribution in [2.24, 2.45) is 17.6 Å². The second-order valence-corrected chi connectivity index (χ2v) is 5.84. The van der Waals surface area contributed by atoms with Gasteiger partial charge in [-0.3, -0.25) is 4.79 Å². The first-order valence-electron chi connectivity index (χ1n) is 6.42. The Morgan fingerprint density at radius 2 is 2.00 bits per heavy atom. The van der Waals surface area contributed by atoms with E-state index in [1.807, 2.05) is 13.8 Å². The average Bonchev–Trinajstić information content (AvgIpc) is 2.14. The molecule has 0 aliphatic carbocycles. The fourth-order valence-corrected chi connectivity index (χ4v) is 1.96. The molecule has 17 heavy (non-hydrogen) atoms. The van der Waals surface area contributed by atoms with Crippen molar-refractivity contribution in [1.29, 1.82) is 0 Å². The predicted molar refractivity (Wildman–Crippen MR) is 70.5 cm³/mol. The molecule has 0 aromatic rings. The standard InChI is InChI=1S/C13H28N2O2/c1-10(2)7-11(9-14)8-12(17)15-13(3,4)5-6-16/h10-11,16H,5-9,14H2,1-4H3,(H,15,17)/t11-/m0/s1. The molecular weight excluding hydrogens is 216 g/mol. The minimum Gasteiger partial charge on any atom is -0.396 e. The molecule has 0 heterocycles. The summed E-state index contributed by atoms with van der Waals surface area (Å²) in [4.78, 5) is 11.8. The van der Waals surface area contributed by atoms with Crippen LogP contribution in [0.15, 0.2) is 0 Å². The maximum absolute atomic E-state index is 11.8. The number of amides is 1. The van der Waals surface area contributed by atoms with Gasteiger partial charge in [-0.2, -0.15) is 0 Å². The highest BCUT2D eigenvalue weighted by atomic mass is 16.3. The van der Waals surface area contributed by atoms with Crippen molar-refractivity contribution in [3.63, 3.8) is 0 Å². The maximum atomic E-state index is 11.8. The number of carbonyl (C=O) groups is 1. The third kappa shape index (κ3) is 8.16. The summed E-state index contributed by atoms with van der Waals surface area (Å²) < 4.78 is 0. The van der Waals surface area contributed by atoms with Gasteiger partial charge in [0.2, 0.25) is 5.91 Å². The van der Waals surface area contributed by atoms with E-state index in [-0.39, 0.29) is 24.0 Å². The summed E-state index contributed by atoms with van der Waals surface area (Å²) in [6.45, 7) is 8.74. The Labute approximate surface area is 105 Å². The van der Waals surface area contributed by atoms with E-state index in [0.717, 1.165) is 6.42 Å². The van der Waals surface area contributed by atoms with Gasteiger partial charge in [0.05, 0.1) is 0 Å². The lowest BCUT2D eigenvalue weighted by Crippen LogP contribution is -2.45. The van der Waals surface area contributed by atoms with Crippen LogP contribution < -0.4 is 11.1 Å². The minimum atomic E-state index is -0.344. The monoisotopic (exact) mass is 244 g/mol. The Hall–Kier alpha value is -0.610. The highest BCUT2D eigenvalue weighted by Crippen LogP contribution is 2.15. The summed E-state index contributed by atoms with van der Waals surface area (Å²) in [5.74, 6) is 0.835. The van der Waals surface area contributed by atoms with E-state index in [2.05, 4.69) is 19.2 Å². The van der Waals surface area contributed by atoms with Gasteiger partial charge in [-0.25, -0.2) is 0 Å². The van der Waals surface area contributed by atoms with Crippen molar-refractivity contribution < 1.29 is 9.90 Å². The van der Waals surface area contributed by atoms with Crippen LogP contribution in [0.4, 0.5) is 0 Å². The van der Waals surface area contributed by atoms with Gasteiger partial charge in [-0.1, -0.05) is 13.8 Å². The molecule has 0 aromatic carbocycles. The number of carbonyl (C=O) groups excluding carboxylic acids is 1. The molecule has 0 fully saturated rings. The highest BCUT2D eigenvalue weighted by molar-refractivity contribution is 5.77. The summed E-state index contributed by atoms with van der Waals surface area (Å²) in [5, 5.41) is 11.8. The number of hydrogen-bond acceptors (Lipinski definition) is 3. The number of aliphatic hydroxyl groups is 1. The molecule has 4 nitrogen and oxygen atoms in total. The van der Waals surface area contributed by atoms with E-state index in [0.29, 0.717) is 25.3 Å². The molecule has 1 amide bonds. The van der Waals surface area contributed by atoms with Crippen LogP contribution in [0.1, 0.15) is 47.0 Å². The van der Waals surface area contributed by atoms with Crippen molar-refractivity contribution in [2.45, 2.75) is 52.5 Å². The Morgan fingerprint density at radius 1 is 1.41 bits per heavy atom. The quantitative estimate of drug-likeness (QED) is 0.602. The zero-order chi connectivity index (χ0) is 13.5. The summed E-state index contributed by atoms with van der Waals surface area (Å²) in [6.07, 6.45) is 2.02. The fourth-order valence-electron chi connectivity index (χ4n) is 1.96. The van der Waals surface area contributed by atoms with Crippen LogP contribution in [-0.2, 0) is 4.79 Å². The predicted octanol–water partition coefficient (Wildman–Crippen LogP) is 1.27. The summed E-state index contributed by atoms with van der Waals surface area (Å²) in [6, 6.07) is 0. The van der Waals surface area contributed by atoms with E-state index >= 15 is 0 Å². The van der Waals surface area contributed by atoms with Crippen LogP contribution in [0.2, 0.25) is 0 Å². The maximum Gasteiger partial charge on any atom is 0.220 e. The van der Waals surface area contributed by atoms with E-state index in [1.165, 1.54) is 0 Å². The number of aliphatic hydroxyl groups excluding tert-OH is 1. The molecule has 0 saturated carbocycles. The zero-order valence-electron chi connectivity index (χ0n) is 11.6. The SMILES string of the molecule is CC(C)C[C@H](CN)CC(=O)NC(C)(C)CCO. The van der Waals surface area contributed by atoms with E-state index < -0.39 is 0 Å². The molecule has 0 aromatic heterocycles. The lowest BCUT2D eigenvalue weighted by molar-refractivity contribution is -0.123. The van der Waals surface area contributed by atoms with Crippen molar-refractivity contribution in [2.75, 3.05) is 13.2 Å². The van der Waals surface area contributed by atoms with Crippen LogP contribution in [0.3, 0.4) is 0 Å². The Balaban J connectivity index is 4.14.